The summed E-state index contributed by atoms with van der Waals surface area (Å²) in [5.41, 5.74) is 1.35. The third-order valence-electron chi connectivity index (χ3n) is 3.68. The predicted molar refractivity (Wildman–Crippen MR) is 92.2 cm³/mol. The van der Waals surface area contributed by atoms with E-state index in [4.69, 9.17) is 16.0 Å². The fourth-order valence-electron chi connectivity index (χ4n) is 2.56. The summed E-state index contributed by atoms with van der Waals surface area (Å²) in [4.78, 5) is 30.6. The number of nitrogens with one attached hydrogen (secondary N) is 2. The molecule has 0 radical (unpaired) electrons. The molecule has 2 heterocycles. The number of carboxylic acids is 1. The van der Waals surface area contributed by atoms with Gasteiger partial charge in [-0.25, -0.2) is 9.78 Å². The van der Waals surface area contributed by atoms with Crippen LogP contribution in [0, 0.1) is 0 Å². The lowest BCUT2D eigenvalue weighted by Crippen LogP contribution is -2.11. The molecule has 0 spiro atoms. The molecule has 2 aromatic carbocycles. The first kappa shape index (κ1) is 15.2. The standard InChI is InChI=1S/C17H10ClN3O4/c18-9-4-5-12-8(6-9)7-13(25-12)15(22)21-17-19-11-3-1-2-10(16(23)24)14(11)20-17/h1-7H,(H,23,24)(H2,19,20,21,22). The quantitative estimate of drug-likeness (QED) is 0.516. The van der Waals surface area contributed by atoms with Gasteiger partial charge in [-0.1, -0.05) is 17.7 Å². The first-order valence-corrected chi connectivity index (χ1v) is 7.61. The highest BCUT2D eigenvalue weighted by Gasteiger charge is 2.17. The van der Waals surface area contributed by atoms with Gasteiger partial charge >= 0.3 is 5.97 Å². The number of para-hydroxylation sites is 1. The van der Waals surface area contributed by atoms with E-state index in [1.807, 2.05) is 0 Å². The molecule has 1 amide bonds. The first-order chi connectivity index (χ1) is 12.0. The smallest absolute Gasteiger partial charge is 0.337 e. The Labute approximate surface area is 145 Å². The van der Waals surface area contributed by atoms with Crippen LogP contribution in [0.4, 0.5) is 5.95 Å². The maximum atomic E-state index is 12.4. The number of aromatic amines is 1. The van der Waals surface area contributed by atoms with E-state index in [2.05, 4.69) is 15.3 Å². The molecule has 0 saturated carbocycles. The maximum Gasteiger partial charge on any atom is 0.337 e. The zero-order valence-corrected chi connectivity index (χ0v) is 13.3. The number of imidazole rings is 1. The Bertz CT molecular complexity index is 1150. The van der Waals surface area contributed by atoms with E-state index in [1.165, 1.54) is 6.07 Å². The maximum absolute atomic E-state index is 12.4. The summed E-state index contributed by atoms with van der Waals surface area (Å²) in [5, 5.41) is 13.0. The Hall–Kier alpha value is -3.32. The molecular weight excluding hydrogens is 346 g/mol. The van der Waals surface area contributed by atoms with Gasteiger partial charge in [0, 0.05) is 10.4 Å². The summed E-state index contributed by atoms with van der Waals surface area (Å²) in [6.45, 7) is 0. The van der Waals surface area contributed by atoms with Gasteiger partial charge in [0.2, 0.25) is 5.95 Å². The monoisotopic (exact) mass is 355 g/mol. The molecule has 0 aliphatic heterocycles. The predicted octanol–water partition coefficient (Wildman–Crippen LogP) is 3.91. The minimum absolute atomic E-state index is 0.0487. The fourth-order valence-corrected chi connectivity index (χ4v) is 2.74. The molecule has 25 heavy (non-hydrogen) atoms. The zero-order valence-electron chi connectivity index (χ0n) is 12.5. The number of hydrogen-bond acceptors (Lipinski definition) is 4. The highest BCUT2D eigenvalue weighted by molar-refractivity contribution is 6.31. The van der Waals surface area contributed by atoms with Crippen molar-refractivity contribution in [2.24, 2.45) is 0 Å². The molecule has 2 aromatic heterocycles. The number of amides is 1. The largest absolute Gasteiger partial charge is 0.478 e. The second kappa shape index (κ2) is 5.64. The van der Waals surface area contributed by atoms with Crippen molar-refractivity contribution in [3.8, 4) is 0 Å². The molecule has 0 atom stereocenters. The number of benzene rings is 2. The van der Waals surface area contributed by atoms with Gasteiger partial charge in [0.25, 0.3) is 5.91 Å². The van der Waals surface area contributed by atoms with Crippen molar-refractivity contribution < 1.29 is 19.1 Å². The summed E-state index contributed by atoms with van der Waals surface area (Å²) >= 11 is 5.92. The van der Waals surface area contributed by atoms with Crippen molar-refractivity contribution in [3.05, 3.63) is 58.8 Å². The van der Waals surface area contributed by atoms with Gasteiger partial charge in [0.15, 0.2) is 5.76 Å². The molecule has 4 aromatic rings. The van der Waals surface area contributed by atoms with Crippen LogP contribution < -0.4 is 5.32 Å². The number of carbonyl (C=O) groups is 2. The average molecular weight is 356 g/mol. The molecule has 3 N–H and O–H groups in total. The van der Waals surface area contributed by atoms with Gasteiger partial charge < -0.3 is 14.5 Å². The molecule has 7 nitrogen and oxygen atoms in total. The van der Waals surface area contributed by atoms with Crippen molar-refractivity contribution in [1.29, 1.82) is 0 Å². The molecule has 0 unspecified atom stereocenters. The average Bonchev–Trinajstić information content (AvgIpc) is 3.16. The van der Waals surface area contributed by atoms with E-state index < -0.39 is 11.9 Å². The Morgan fingerprint density at radius 1 is 1.20 bits per heavy atom. The van der Waals surface area contributed by atoms with Crippen LogP contribution in [0.2, 0.25) is 5.02 Å². The van der Waals surface area contributed by atoms with E-state index in [0.717, 1.165) is 0 Å². The number of carbonyl (C=O) groups excluding carboxylic acids is 1. The molecule has 4 rings (SSSR count). The number of anilines is 1. The molecule has 0 aliphatic rings. The van der Waals surface area contributed by atoms with Crippen LogP contribution in [0.1, 0.15) is 20.9 Å². The van der Waals surface area contributed by atoms with Crippen molar-refractivity contribution in [1.82, 2.24) is 9.97 Å². The van der Waals surface area contributed by atoms with Crippen molar-refractivity contribution in [3.63, 3.8) is 0 Å². The van der Waals surface area contributed by atoms with E-state index in [9.17, 15) is 14.7 Å². The third-order valence-corrected chi connectivity index (χ3v) is 3.91. The lowest BCUT2D eigenvalue weighted by molar-refractivity contribution is 0.0698. The van der Waals surface area contributed by atoms with E-state index in [0.29, 0.717) is 21.5 Å². The summed E-state index contributed by atoms with van der Waals surface area (Å²) < 4.78 is 5.49. The Morgan fingerprint density at radius 3 is 2.84 bits per heavy atom. The molecule has 8 heteroatoms. The summed E-state index contributed by atoms with van der Waals surface area (Å²) in [6.07, 6.45) is 0. The fraction of sp³-hybridized carbons (Fsp3) is 0. The van der Waals surface area contributed by atoms with Gasteiger partial charge in [0.05, 0.1) is 11.1 Å². The van der Waals surface area contributed by atoms with E-state index in [1.54, 1.807) is 36.4 Å². The van der Waals surface area contributed by atoms with Crippen molar-refractivity contribution >= 4 is 51.4 Å². The van der Waals surface area contributed by atoms with Gasteiger partial charge in [-0.05, 0) is 36.4 Å². The Kier molecular flexibility index (Phi) is 3.43. The lowest BCUT2D eigenvalue weighted by Gasteiger charge is -1.97. The number of nitrogens with zero attached hydrogens (tertiary/aromatic N) is 1. The number of carboxylic acid groups (broad SMARTS) is 1. The summed E-state index contributed by atoms with van der Waals surface area (Å²) in [5.74, 6) is -1.38. The Balaban J connectivity index is 1.66. The number of aromatic carboxylic acids is 1. The van der Waals surface area contributed by atoms with Gasteiger partial charge in [-0.3, -0.25) is 10.1 Å². The van der Waals surface area contributed by atoms with Crippen LogP contribution in [0.5, 0.6) is 0 Å². The van der Waals surface area contributed by atoms with Crippen LogP contribution in [0.15, 0.2) is 46.9 Å². The molecule has 0 fully saturated rings. The molecule has 0 bridgehead atoms. The van der Waals surface area contributed by atoms with Crippen LogP contribution >= 0.6 is 11.6 Å². The number of aromatic nitrogens is 2. The zero-order chi connectivity index (χ0) is 17.6. The molecule has 124 valence electrons. The lowest BCUT2D eigenvalue weighted by atomic mass is 10.2. The third kappa shape index (κ3) is 2.70. The number of furan rings is 1. The van der Waals surface area contributed by atoms with Crippen molar-refractivity contribution in [2.45, 2.75) is 0 Å². The molecule has 0 aliphatic carbocycles. The van der Waals surface area contributed by atoms with Crippen LogP contribution in [-0.4, -0.2) is 27.0 Å². The van der Waals surface area contributed by atoms with E-state index in [-0.39, 0.29) is 22.8 Å². The summed E-state index contributed by atoms with van der Waals surface area (Å²) in [7, 11) is 0. The normalized spacial score (nSPS) is 11.1. The second-order valence-corrected chi connectivity index (χ2v) is 5.78. The minimum Gasteiger partial charge on any atom is -0.478 e. The SMILES string of the molecule is O=C(Nc1nc2c(C(=O)O)cccc2[nH]1)c1cc2cc(Cl)ccc2o1. The number of hydrogen-bond donors (Lipinski definition) is 3. The first-order valence-electron chi connectivity index (χ1n) is 7.24. The Morgan fingerprint density at radius 2 is 2.04 bits per heavy atom. The topological polar surface area (TPSA) is 108 Å². The van der Waals surface area contributed by atoms with Crippen molar-refractivity contribution in [2.75, 3.05) is 5.32 Å². The highest BCUT2D eigenvalue weighted by atomic mass is 35.5. The van der Waals surface area contributed by atoms with Gasteiger partial charge in [0.1, 0.15) is 11.1 Å². The van der Waals surface area contributed by atoms with E-state index >= 15 is 0 Å². The van der Waals surface area contributed by atoms with Crippen LogP contribution in [0.3, 0.4) is 0 Å². The second-order valence-electron chi connectivity index (χ2n) is 5.34. The minimum atomic E-state index is -1.09. The highest BCUT2D eigenvalue weighted by Crippen LogP contribution is 2.24. The summed E-state index contributed by atoms with van der Waals surface area (Å²) in [6, 6.07) is 11.3. The van der Waals surface area contributed by atoms with Gasteiger partial charge in [-0.15, -0.1) is 0 Å². The van der Waals surface area contributed by atoms with Gasteiger partial charge in [-0.2, -0.15) is 0 Å². The molecular formula is C17H10ClN3O4. The van der Waals surface area contributed by atoms with Crippen LogP contribution in [-0.2, 0) is 0 Å². The van der Waals surface area contributed by atoms with Crippen LogP contribution in [0.25, 0.3) is 22.0 Å². The number of rotatable bonds is 3. The molecule has 0 saturated heterocycles. The number of halogens is 1. The number of H-pyrrole nitrogens is 1. The number of fused-ring (bicyclic) bond motifs is 2.